The zero-order valence-corrected chi connectivity index (χ0v) is 12.5. The molecule has 0 aliphatic heterocycles. The lowest BCUT2D eigenvalue weighted by Gasteiger charge is -2.18. The van der Waals surface area contributed by atoms with Crippen molar-refractivity contribution in [3.8, 4) is 11.3 Å². The Balaban J connectivity index is 2.09. The molecule has 0 saturated carbocycles. The van der Waals surface area contributed by atoms with Crippen molar-refractivity contribution in [1.82, 2.24) is 10.5 Å². The molecule has 0 bridgehead atoms. The molecule has 1 aromatic heterocycles. The highest BCUT2D eigenvalue weighted by Gasteiger charge is 2.19. The number of aromatic nitrogens is 1. The largest absolute Gasteiger partial charge is 0.396 e. The molecule has 1 heterocycles. The third-order valence-electron chi connectivity index (χ3n) is 3.58. The zero-order chi connectivity index (χ0) is 15.4. The number of nitrogens with zero attached hydrogens (tertiary/aromatic N) is 1. The average Bonchev–Trinajstić information content (AvgIpc) is 2.97. The topological polar surface area (TPSA) is 75.4 Å². The number of nitrogens with one attached hydrogen (secondary N) is 1. The van der Waals surface area contributed by atoms with Gasteiger partial charge in [-0.05, 0) is 19.8 Å². The van der Waals surface area contributed by atoms with Crippen molar-refractivity contribution in [2.45, 2.75) is 26.8 Å². The molecule has 1 amide bonds. The molecule has 5 nitrogen and oxygen atoms in total. The number of carbonyl (C=O) groups excluding carboxylic acids is 1. The Bertz CT molecular complexity index is 604. The molecule has 2 unspecified atom stereocenters. The lowest BCUT2D eigenvalue weighted by atomic mass is 10.1. The predicted octanol–water partition coefficient (Wildman–Crippen LogP) is 2.40. The van der Waals surface area contributed by atoms with Gasteiger partial charge in [0.1, 0.15) is 5.69 Å². The van der Waals surface area contributed by atoms with Crippen LogP contribution in [0.2, 0.25) is 0 Å². The minimum absolute atomic E-state index is 0.0200. The van der Waals surface area contributed by atoms with Gasteiger partial charge in [-0.3, -0.25) is 4.79 Å². The average molecular weight is 288 g/mol. The van der Waals surface area contributed by atoms with E-state index < -0.39 is 0 Å². The fraction of sp³-hybridized carbons (Fsp3) is 0.375. The predicted molar refractivity (Wildman–Crippen MR) is 79.9 cm³/mol. The Hall–Kier alpha value is -2.14. The van der Waals surface area contributed by atoms with E-state index in [1.807, 2.05) is 45.0 Å². The molecular weight excluding hydrogens is 268 g/mol. The second-order valence-corrected chi connectivity index (χ2v) is 5.36. The maximum atomic E-state index is 12.0. The minimum atomic E-state index is -0.325. The highest BCUT2D eigenvalue weighted by molar-refractivity contribution is 5.92. The summed E-state index contributed by atoms with van der Waals surface area (Å²) in [6.07, 6.45) is 0. The van der Waals surface area contributed by atoms with Crippen LogP contribution >= 0.6 is 0 Å². The molecule has 2 N–H and O–H groups in total. The molecule has 0 radical (unpaired) electrons. The first-order chi connectivity index (χ1) is 10.0. The van der Waals surface area contributed by atoms with Crippen LogP contribution in [0.5, 0.6) is 0 Å². The lowest BCUT2D eigenvalue weighted by molar-refractivity contribution is 0.0879. The molecule has 2 rings (SSSR count). The Morgan fingerprint density at radius 1 is 1.33 bits per heavy atom. The minimum Gasteiger partial charge on any atom is -0.396 e. The van der Waals surface area contributed by atoms with Gasteiger partial charge in [0.25, 0.3) is 5.91 Å². The summed E-state index contributed by atoms with van der Waals surface area (Å²) in [4.78, 5) is 12.0. The first kappa shape index (κ1) is 15.3. The molecule has 0 spiro atoms. The van der Waals surface area contributed by atoms with Crippen molar-refractivity contribution in [1.29, 1.82) is 0 Å². The van der Waals surface area contributed by atoms with Gasteiger partial charge in [-0.1, -0.05) is 41.9 Å². The smallest absolute Gasteiger partial charge is 0.290 e. The van der Waals surface area contributed by atoms with E-state index in [-0.39, 0.29) is 30.2 Å². The Morgan fingerprint density at radius 2 is 2.00 bits per heavy atom. The quantitative estimate of drug-likeness (QED) is 0.886. The monoisotopic (exact) mass is 288 g/mol. The van der Waals surface area contributed by atoms with Gasteiger partial charge in [0.15, 0.2) is 0 Å². The number of aliphatic hydroxyl groups excluding tert-OH is 1. The highest BCUT2D eigenvalue weighted by Crippen LogP contribution is 2.19. The third-order valence-corrected chi connectivity index (χ3v) is 3.58. The highest BCUT2D eigenvalue weighted by atomic mass is 16.5. The van der Waals surface area contributed by atoms with E-state index in [4.69, 9.17) is 9.63 Å². The summed E-state index contributed by atoms with van der Waals surface area (Å²) >= 11 is 0. The van der Waals surface area contributed by atoms with Crippen LogP contribution in [0.25, 0.3) is 11.3 Å². The lowest BCUT2D eigenvalue weighted by Crippen LogP contribution is -2.38. The molecule has 112 valence electrons. The second-order valence-electron chi connectivity index (χ2n) is 5.36. The summed E-state index contributed by atoms with van der Waals surface area (Å²) in [7, 11) is 0. The summed E-state index contributed by atoms with van der Waals surface area (Å²) in [5, 5.41) is 15.8. The van der Waals surface area contributed by atoms with Gasteiger partial charge < -0.3 is 14.9 Å². The number of hydrogen-bond donors (Lipinski definition) is 2. The van der Waals surface area contributed by atoms with Crippen LogP contribution in [0.15, 0.2) is 34.9 Å². The molecule has 2 atom stereocenters. The van der Waals surface area contributed by atoms with Crippen LogP contribution in [0.1, 0.15) is 30.0 Å². The first-order valence-corrected chi connectivity index (χ1v) is 6.96. The van der Waals surface area contributed by atoms with Crippen molar-refractivity contribution in [2.75, 3.05) is 6.61 Å². The van der Waals surface area contributed by atoms with Crippen molar-refractivity contribution in [3.05, 3.63) is 41.7 Å². The standard InChI is InChI=1S/C16H20N2O3/c1-10-4-6-13(7-5-10)14-8-15(21-18-14)16(20)17-12(3)11(2)9-19/h4-8,11-12,19H,9H2,1-3H3,(H,17,20). The van der Waals surface area contributed by atoms with E-state index in [1.54, 1.807) is 6.07 Å². The van der Waals surface area contributed by atoms with E-state index in [0.717, 1.165) is 11.1 Å². The van der Waals surface area contributed by atoms with Crippen molar-refractivity contribution < 1.29 is 14.4 Å². The summed E-state index contributed by atoms with van der Waals surface area (Å²) in [6.45, 7) is 5.74. The zero-order valence-electron chi connectivity index (χ0n) is 12.5. The number of hydrogen-bond acceptors (Lipinski definition) is 4. The van der Waals surface area contributed by atoms with Crippen LogP contribution in [0.4, 0.5) is 0 Å². The number of benzene rings is 1. The van der Waals surface area contributed by atoms with E-state index in [9.17, 15) is 4.79 Å². The number of aliphatic hydroxyl groups is 1. The SMILES string of the molecule is Cc1ccc(-c2cc(C(=O)NC(C)C(C)CO)on2)cc1. The molecule has 5 heteroatoms. The fourth-order valence-electron chi connectivity index (χ4n) is 1.82. The molecule has 0 aliphatic carbocycles. The summed E-state index contributed by atoms with van der Waals surface area (Å²) in [5.41, 5.74) is 2.69. The molecular formula is C16H20N2O3. The van der Waals surface area contributed by atoms with Crippen LogP contribution < -0.4 is 5.32 Å². The molecule has 0 fully saturated rings. The first-order valence-electron chi connectivity index (χ1n) is 6.96. The maximum absolute atomic E-state index is 12.0. The Kier molecular flexibility index (Phi) is 4.75. The van der Waals surface area contributed by atoms with Gasteiger partial charge in [-0.2, -0.15) is 0 Å². The van der Waals surface area contributed by atoms with Crippen LogP contribution in [-0.4, -0.2) is 28.8 Å². The van der Waals surface area contributed by atoms with Gasteiger partial charge >= 0.3 is 0 Å². The Morgan fingerprint density at radius 3 is 2.62 bits per heavy atom. The summed E-state index contributed by atoms with van der Waals surface area (Å²) < 4.78 is 5.10. The van der Waals surface area contributed by atoms with Gasteiger partial charge in [0.2, 0.25) is 5.76 Å². The van der Waals surface area contributed by atoms with Gasteiger partial charge in [0, 0.05) is 24.3 Å². The number of carbonyl (C=O) groups is 1. The van der Waals surface area contributed by atoms with Crippen LogP contribution in [-0.2, 0) is 0 Å². The maximum Gasteiger partial charge on any atom is 0.290 e. The van der Waals surface area contributed by atoms with Crippen LogP contribution in [0.3, 0.4) is 0 Å². The molecule has 0 aliphatic rings. The molecule has 1 aromatic carbocycles. The Labute approximate surface area is 124 Å². The molecule has 0 saturated heterocycles. The number of amides is 1. The summed E-state index contributed by atoms with van der Waals surface area (Å²) in [5.74, 6) is -0.176. The van der Waals surface area contributed by atoms with Gasteiger partial charge in [-0.25, -0.2) is 0 Å². The fourth-order valence-corrected chi connectivity index (χ4v) is 1.82. The number of rotatable bonds is 5. The van der Waals surface area contributed by atoms with Crippen molar-refractivity contribution in [2.24, 2.45) is 5.92 Å². The van der Waals surface area contributed by atoms with Gasteiger partial charge in [-0.15, -0.1) is 0 Å². The van der Waals surface area contributed by atoms with Crippen LogP contribution in [0, 0.1) is 12.8 Å². The van der Waals surface area contributed by atoms with Crippen molar-refractivity contribution >= 4 is 5.91 Å². The third kappa shape index (κ3) is 3.70. The van der Waals surface area contributed by atoms with Crippen molar-refractivity contribution in [3.63, 3.8) is 0 Å². The van der Waals surface area contributed by atoms with E-state index in [0.29, 0.717) is 5.69 Å². The molecule has 2 aromatic rings. The van der Waals surface area contributed by atoms with E-state index in [1.165, 1.54) is 0 Å². The number of aryl methyl sites for hydroxylation is 1. The second kappa shape index (κ2) is 6.54. The van der Waals surface area contributed by atoms with Gasteiger partial charge in [0.05, 0.1) is 0 Å². The summed E-state index contributed by atoms with van der Waals surface area (Å²) in [6, 6.07) is 9.31. The molecule has 21 heavy (non-hydrogen) atoms. The normalized spacial score (nSPS) is 13.7. The van der Waals surface area contributed by atoms with E-state index >= 15 is 0 Å². The van der Waals surface area contributed by atoms with E-state index in [2.05, 4.69) is 10.5 Å².